The summed E-state index contributed by atoms with van der Waals surface area (Å²) in [6, 6.07) is 2.82. The molecule has 23 heavy (non-hydrogen) atoms. The molecule has 2 saturated carbocycles. The second-order valence-electron chi connectivity index (χ2n) is 7.14. The van der Waals surface area contributed by atoms with Gasteiger partial charge in [-0.15, -0.1) is 0 Å². The first-order valence-corrected chi connectivity index (χ1v) is 9.16. The van der Waals surface area contributed by atoms with E-state index < -0.39 is 5.54 Å². The molecule has 0 radical (unpaired) electrons. The molecule has 0 heterocycles. The normalized spacial score (nSPS) is 21.8. The van der Waals surface area contributed by atoms with Crippen LogP contribution in [0.4, 0.5) is 0 Å². The molecular formula is C18H31N3O2. The molecule has 0 saturated heterocycles. The highest BCUT2D eigenvalue weighted by molar-refractivity contribution is 5.79. The smallest absolute Gasteiger partial charge is 0.237 e. The maximum atomic E-state index is 12.8. The Balaban J connectivity index is 2.00. The van der Waals surface area contributed by atoms with Crippen LogP contribution in [0, 0.1) is 11.3 Å². The van der Waals surface area contributed by atoms with Gasteiger partial charge in [0.25, 0.3) is 0 Å². The molecule has 0 bridgehead atoms. The molecule has 0 aliphatic heterocycles. The Morgan fingerprint density at radius 2 is 1.78 bits per heavy atom. The molecule has 2 aliphatic rings. The van der Waals surface area contributed by atoms with Gasteiger partial charge in [0.15, 0.2) is 0 Å². The summed E-state index contributed by atoms with van der Waals surface area (Å²) in [7, 11) is 1.79. The molecule has 0 aromatic carbocycles. The molecule has 2 rings (SSSR count). The SMILES string of the molecule is CN(C(=O)CN(CCO)C1CCCCC1)C1(C#N)CCCCC1. The lowest BCUT2D eigenvalue weighted by molar-refractivity contribution is -0.137. The fraction of sp³-hybridized carbons (Fsp3) is 0.889. The molecule has 5 heteroatoms. The Bertz CT molecular complexity index is 420. The van der Waals surface area contributed by atoms with E-state index in [1.165, 1.54) is 19.3 Å². The van der Waals surface area contributed by atoms with E-state index in [0.717, 1.165) is 44.9 Å². The third kappa shape index (κ3) is 4.45. The molecule has 2 aliphatic carbocycles. The van der Waals surface area contributed by atoms with Crippen LogP contribution in [-0.4, -0.2) is 59.1 Å². The van der Waals surface area contributed by atoms with Gasteiger partial charge in [0.05, 0.1) is 19.2 Å². The van der Waals surface area contributed by atoms with Crippen molar-refractivity contribution in [2.75, 3.05) is 26.7 Å². The maximum absolute atomic E-state index is 12.8. The van der Waals surface area contributed by atoms with Gasteiger partial charge >= 0.3 is 0 Å². The van der Waals surface area contributed by atoms with E-state index >= 15 is 0 Å². The molecule has 0 atom stereocenters. The highest BCUT2D eigenvalue weighted by atomic mass is 16.3. The third-order valence-electron chi connectivity index (χ3n) is 5.72. The lowest BCUT2D eigenvalue weighted by Gasteiger charge is -2.41. The van der Waals surface area contributed by atoms with Crippen LogP contribution in [0.2, 0.25) is 0 Å². The summed E-state index contributed by atoms with van der Waals surface area (Å²) in [6.07, 6.45) is 10.7. The number of aliphatic hydroxyl groups is 1. The van der Waals surface area contributed by atoms with Crippen LogP contribution in [0.15, 0.2) is 0 Å². The molecule has 1 amide bonds. The van der Waals surface area contributed by atoms with Crippen LogP contribution in [0.25, 0.3) is 0 Å². The van der Waals surface area contributed by atoms with E-state index in [2.05, 4.69) is 11.0 Å². The van der Waals surface area contributed by atoms with Gasteiger partial charge in [-0.1, -0.05) is 38.5 Å². The highest BCUT2D eigenvalue weighted by Gasteiger charge is 2.39. The number of rotatable bonds is 6. The zero-order valence-electron chi connectivity index (χ0n) is 14.5. The molecule has 130 valence electrons. The second kappa shape index (κ2) is 8.65. The van der Waals surface area contributed by atoms with E-state index in [-0.39, 0.29) is 12.5 Å². The summed E-state index contributed by atoms with van der Waals surface area (Å²) in [5.41, 5.74) is -0.618. The van der Waals surface area contributed by atoms with Crippen molar-refractivity contribution in [2.24, 2.45) is 0 Å². The number of amides is 1. The Hall–Kier alpha value is -1.12. The summed E-state index contributed by atoms with van der Waals surface area (Å²) in [5.74, 6) is 0.0208. The van der Waals surface area contributed by atoms with Crippen LogP contribution in [0.3, 0.4) is 0 Å². The zero-order valence-corrected chi connectivity index (χ0v) is 14.5. The number of likely N-dealkylation sites (N-methyl/N-ethyl adjacent to an activating group) is 1. The van der Waals surface area contributed by atoms with Gasteiger partial charge in [-0.2, -0.15) is 5.26 Å². The van der Waals surface area contributed by atoms with E-state index in [1.807, 2.05) is 0 Å². The minimum atomic E-state index is -0.618. The number of nitriles is 1. The van der Waals surface area contributed by atoms with Gasteiger partial charge in [-0.05, 0) is 25.7 Å². The van der Waals surface area contributed by atoms with Crippen molar-refractivity contribution in [1.82, 2.24) is 9.80 Å². The minimum Gasteiger partial charge on any atom is -0.395 e. The van der Waals surface area contributed by atoms with Crippen molar-refractivity contribution in [1.29, 1.82) is 5.26 Å². The van der Waals surface area contributed by atoms with E-state index in [0.29, 0.717) is 19.1 Å². The van der Waals surface area contributed by atoms with Crippen molar-refractivity contribution in [2.45, 2.75) is 75.8 Å². The summed E-state index contributed by atoms with van der Waals surface area (Å²) >= 11 is 0. The molecule has 5 nitrogen and oxygen atoms in total. The fourth-order valence-electron chi connectivity index (χ4n) is 4.14. The molecule has 0 unspecified atom stereocenters. The third-order valence-corrected chi connectivity index (χ3v) is 5.72. The van der Waals surface area contributed by atoms with E-state index in [9.17, 15) is 15.2 Å². The monoisotopic (exact) mass is 321 g/mol. The number of aliphatic hydroxyl groups excluding tert-OH is 1. The van der Waals surface area contributed by atoms with Gasteiger partial charge in [-0.25, -0.2) is 0 Å². The first-order chi connectivity index (χ1) is 11.1. The largest absolute Gasteiger partial charge is 0.395 e. The Morgan fingerprint density at radius 3 is 2.35 bits per heavy atom. The molecule has 0 spiro atoms. The van der Waals surface area contributed by atoms with Crippen molar-refractivity contribution >= 4 is 5.91 Å². The lowest BCUT2D eigenvalue weighted by Crippen LogP contribution is -2.54. The second-order valence-corrected chi connectivity index (χ2v) is 7.14. The van der Waals surface area contributed by atoms with Gasteiger partial charge in [0, 0.05) is 19.6 Å². The average Bonchev–Trinajstić information content (AvgIpc) is 2.62. The first-order valence-electron chi connectivity index (χ1n) is 9.16. The van der Waals surface area contributed by atoms with Crippen LogP contribution >= 0.6 is 0 Å². The van der Waals surface area contributed by atoms with Crippen LogP contribution in [0.5, 0.6) is 0 Å². The number of carbonyl (C=O) groups is 1. The zero-order chi connectivity index (χ0) is 16.7. The highest BCUT2D eigenvalue weighted by Crippen LogP contribution is 2.32. The topological polar surface area (TPSA) is 67.6 Å². The van der Waals surface area contributed by atoms with Crippen LogP contribution < -0.4 is 0 Å². The van der Waals surface area contributed by atoms with Gasteiger partial charge < -0.3 is 10.0 Å². The summed E-state index contributed by atoms with van der Waals surface area (Å²) in [4.78, 5) is 16.6. The standard InChI is InChI=1S/C18H31N3O2/c1-20(18(15-19)10-6-3-7-11-18)17(23)14-21(12-13-22)16-8-4-2-5-9-16/h16,22H,2-14H2,1H3. The Morgan fingerprint density at radius 1 is 1.17 bits per heavy atom. The van der Waals surface area contributed by atoms with Gasteiger partial charge in [0.2, 0.25) is 5.91 Å². The van der Waals surface area contributed by atoms with E-state index in [1.54, 1.807) is 11.9 Å². The van der Waals surface area contributed by atoms with Crippen molar-refractivity contribution in [3.05, 3.63) is 0 Å². The molecule has 2 fully saturated rings. The van der Waals surface area contributed by atoms with Crippen molar-refractivity contribution in [3.63, 3.8) is 0 Å². The quantitative estimate of drug-likeness (QED) is 0.815. The predicted molar refractivity (Wildman–Crippen MR) is 89.7 cm³/mol. The van der Waals surface area contributed by atoms with Gasteiger partial charge in [-0.3, -0.25) is 9.69 Å². The number of carbonyl (C=O) groups excluding carboxylic acids is 1. The van der Waals surface area contributed by atoms with Crippen LogP contribution in [-0.2, 0) is 4.79 Å². The van der Waals surface area contributed by atoms with E-state index in [4.69, 9.17) is 0 Å². The minimum absolute atomic E-state index is 0.0208. The summed E-state index contributed by atoms with van der Waals surface area (Å²) in [6.45, 7) is 0.950. The van der Waals surface area contributed by atoms with Gasteiger partial charge in [0.1, 0.15) is 5.54 Å². The van der Waals surface area contributed by atoms with Crippen molar-refractivity contribution < 1.29 is 9.90 Å². The Kier molecular flexibility index (Phi) is 6.86. The van der Waals surface area contributed by atoms with Crippen molar-refractivity contribution in [3.8, 4) is 6.07 Å². The number of hydrogen-bond acceptors (Lipinski definition) is 4. The average molecular weight is 321 g/mol. The number of nitrogens with zero attached hydrogens (tertiary/aromatic N) is 3. The maximum Gasteiger partial charge on any atom is 0.237 e. The molecular weight excluding hydrogens is 290 g/mol. The lowest BCUT2D eigenvalue weighted by atomic mass is 9.81. The molecule has 0 aromatic heterocycles. The molecule has 1 N–H and O–H groups in total. The predicted octanol–water partition coefficient (Wildman–Crippen LogP) is 2.30. The van der Waals surface area contributed by atoms with Crippen LogP contribution in [0.1, 0.15) is 64.2 Å². The summed E-state index contributed by atoms with van der Waals surface area (Å²) in [5, 5.41) is 19.0. The Labute approximate surface area is 140 Å². The first kappa shape index (κ1) is 18.2. The fourth-order valence-corrected chi connectivity index (χ4v) is 4.14. The summed E-state index contributed by atoms with van der Waals surface area (Å²) < 4.78 is 0. The molecule has 0 aromatic rings. The number of hydrogen-bond donors (Lipinski definition) is 1.